The Balaban J connectivity index is 1.36. The minimum absolute atomic E-state index is 0.0381. The standard InChI is InChI=1S/C24H25N3O2S2/c1-17-6-8-18(9-7-17)23(20-5-4-14-30-20)26-21(28)16-31-22-11-10-19(15-25-22)24(29)27-12-2-3-13-27/h4-11,14-15,23H,2-3,12-13,16H2,1H3,(H,26,28)/t23-/m0/s1. The van der Waals surface area contributed by atoms with Gasteiger partial charge in [-0.1, -0.05) is 47.7 Å². The monoisotopic (exact) mass is 451 g/mol. The average molecular weight is 452 g/mol. The van der Waals surface area contributed by atoms with E-state index < -0.39 is 0 Å². The van der Waals surface area contributed by atoms with E-state index in [0.29, 0.717) is 5.56 Å². The number of thiophene rings is 1. The number of pyridine rings is 1. The zero-order chi connectivity index (χ0) is 21.6. The fraction of sp³-hybridized carbons (Fsp3) is 0.292. The van der Waals surface area contributed by atoms with E-state index in [0.717, 1.165) is 41.4 Å². The SMILES string of the molecule is Cc1ccc([C@H](NC(=O)CSc2ccc(C(=O)N3CCCC3)cn2)c2cccs2)cc1. The fourth-order valence-corrected chi connectivity index (χ4v) is 5.03. The summed E-state index contributed by atoms with van der Waals surface area (Å²) in [7, 11) is 0. The highest BCUT2D eigenvalue weighted by Gasteiger charge is 2.20. The molecule has 0 radical (unpaired) electrons. The molecule has 0 aliphatic carbocycles. The normalized spacial score (nSPS) is 14.4. The van der Waals surface area contributed by atoms with Gasteiger partial charge in [0.25, 0.3) is 5.91 Å². The summed E-state index contributed by atoms with van der Waals surface area (Å²) in [6.07, 6.45) is 3.75. The number of aromatic nitrogens is 1. The second-order valence-electron chi connectivity index (χ2n) is 7.60. The van der Waals surface area contributed by atoms with Gasteiger partial charge >= 0.3 is 0 Å². The Morgan fingerprint density at radius 3 is 2.55 bits per heavy atom. The molecule has 7 heteroatoms. The van der Waals surface area contributed by atoms with Crippen molar-refractivity contribution in [2.24, 2.45) is 0 Å². The number of rotatable bonds is 7. The summed E-state index contributed by atoms with van der Waals surface area (Å²) in [5, 5.41) is 5.91. The number of amides is 2. The van der Waals surface area contributed by atoms with Crippen LogP contribution in [0.3, 0.4) is 0 Å². The molecule has 0 saturated carbocycles. The molecule has 2 amide bonds. The van der Waals surface area contributed by atoms with Crippen LogP contribution in [-0.4, -0.2) is 40.5 Å². The number of hydrogen-bond donors (Lipinski definition) is 1. The van der Waals surface area contributed by atoms with Crippen molar-refractivity contribution in [3.8, 4) is 0 Å². The van der Waals surface area contributed by atoms with Crippen LogP contribution in [0.25, 0.3) is 0 Å². The first-order valence-electron chi connectivity index (χ1n) is 10.4. The Morgan fingerprint density at radius 1 is 1.13 bits per heavy atom. The largest absolute Gasteiger partial charge is 0.344 e. The summed E-state index contributed by atoms with van der Waals surface area (Å²) >= 11 is 3.00. The molecule has 2 aromatic heterocycles. The van der Waals surface area contributed by atoms with Gasteiger partial charge in [0.1, 0.15) is 0 Å². The maximum absolute atomic E-state index is 12.7. The van der Waals surface area contributed by atoms with Crippen LogP contribution in [0.15, 0.2) is 65.1 Å². The molecule has 1 fully saturated rings. The molecular weight excluding hydrogens is 426 g/mol. The third kappa shape index (κ3) is 5.54. The number of thioether (sulfide) groups is 1. The van der Waals surface area contributed by atoms with Crippen molar-refractivity contribution in [2.75, 3.05) is 18.8 Å². The van der Waals surface area contributed by atoms with E-state index in [4.69, 9.17) is 0 Å². The van der Waals surface area contributed by atoms with Crippen molar-refractivity contribution in [1.29, 1.82) is 0 Å². The molecule has 31 heavy (non-hydrogen) atoms. The van der Waals surface area contributed by atoms with E-state index in [9.17, 15) is 9.59 Å². The lowest BCUT2D eigenvalue weighted by atomic mass is 10.0. The number of hydrogen-bond acceptors (Lipinski definition) is 5. The van der Waals surface area contributed by atoms with Crippen LogP contribution >= 0.6 is 23.1 Å². The van der Waals surface area contributed by atoms with Crippen molar-refractivity contribution in [3.63, 3.8) is 0 Å². The van der Waals surface area contributed by atoms with Gasteiger partial charge in [-0.05, 0) is 48.9 Å². The van der Waals surface area contributed by atoms with Gasteiger partial charge in [-0.2, -0.15) is 0 Å². The topological polar surface area (TPSA) is 62.3 Å². The van der Waals surface area contributed by atoms with Crippen molar-refractivity contribution < 1.29 is 9.59 Å². The molecule has 0 spiro atoms. The molecule has 1 atom stereocenters. The number of nitrogens with zero attached hydrogens (tertiary/aromatic N) is 2. The van der Waals surface area contributed by atoms with Gasteiger partial charge in [0.2, 0.25) is 5.91 Å². The molecule has 3 heterocycles. The maximum atomic E-state index is 12.7. The summed E-state index contributed by atoms with van der Waals surface area (Å²) in [4.78, 5) is 32.5. The summed E-state index contributed by atoms with van der Waals surface area (Å²) in [5.74, 6) is 0.249. The minimum Gasteiger partial charge on any atom is -0.344 e. The quantitative estimate of drug-likeness (QED) is 0.530. The molecule has 1 aliphatic rings. The Hall–Kier alpha value is -2.64. The van der Waals surface area contributed by atoms with Crippen molar-refractivity contribution >= 4 is 34.9 Å². The molecule has 3 aromatic rings. The molecule has 5 nitrogen and oxygen atoms in total. The van der Waals surface area contributed by atoms with Crippen LogP contribution in [0, 0.1) is 6.92 Å². The Labute approximate surface area is 190 Å². The van der Waals surface area contributed by atoms with E-state index in [1.807, 2.05) is 28.5 Å². The van der Waals surface area contributed by atoms with E-state index in [1.165, 1.54) is 17.3 Å². The second-order valence-corrected chi connectivity index (χ2v) is 9.57. The zero-order valence-corrected chi connectivity index (χ0v) is 19.0. The van der Waals surface area contributed by atoms with Crippen molar-refractivity contribution in [1.82, 2.24) is 15.2 Å². The molecule has 1 aromatic carbocycles. The predicted molar refractivity (Wildman–Crippen MR) is 126 cm³/mol. The van der Waals surface area contributed by atoms with Gasteiger partial charge < -0.3 is 10.2 Å². The van der Waals surface area contributed by atoms with Crippen LogP contribution in [0.2, 0.25) is 0 Å². The Morgan fingerprint density at radius 2 is 1.90 bits per heavy atom. The van der Waals surface area contributed by atoms with Gasteiger partial charge in [0.15, 0.2) is 0 Å². The highest BCUT2D eigenvalue weighted by molar-refractivity contribution is 7.99. The van der Waals surface area contributed by atoms with Crippen molar-refractivity contribution in [3.05, 3.63) is 81.7 Å². The van der Waals surface area contributed by atoms with Crippen LogP contribution < -0.4 is 5.32 Å². The maximum Gasteiger partial charge on any atom is 0.255 e. The van der Waals surface area contributed by atoms with Gasteiger partial charge in [-0.15, -0.1) is 11.3 Å². The van der Waals surface area contributed by atoms with Crippen LogP contribution in [0.4, 0.5) is 0 Å². The van der Waals surface area contributed by atoms with E-state index in [1.54, 1.807) is 23.6 Å². The molecule has 0 bridgehead atoms. The molecular formula is C24H25N3O2S2. The smallest absolute Gasteiger partial charge is 0.255 e. The lowest BCUT2D eigenvalue weighted by molar-refractivity contribution is -0.119. The number of aryl methyl sites for hydroxylation is 1. The summed E-state index contributed by atoms with van der Waals surface area (Å²) < 4.78 is 0. The molecule has 1 aliphatic heterocycles. The summed E-state index contributed by atoms with van der Waals surface area (Å²) in [5.41, 5.74) is 2.86. The zero-order valence-electron chi connectivity index (χ0n) is 17.4. The molecule has 4 rings (SSSR count). The van der Waals surface area contributed by atoms with E-state index >= 15 is 0 Å². The van der Waals surface area contributed by atoms with Gasteiger partial charge in [-0.3, -0.25) is 9.59 Å². The second kappa shape index (κ2) is 10.1. The molecule has 160 valence electrons. The average Bonchev–Trinajstić information content (AvgIpc) is 3.51. The van der Waals surface area contributed by atoms with E-state index in [-0.39, 0.29) is 23.6 Å². The highest BCUT2D eigenvalue weighted by atomic mass is 32.2. The summed E-state index contributed by atoms with van der Waals surface area (Å²) in [6, 6.07) is 15.7. The van der Waals surface area contributed by atoms with Gasteiger partial charge in [0.05, 0.1) is 22.4 Å². The van der Waals surface area contributed by atoms with Crippen LogP contribution in [-0.2, 0) is 4.79 Å². The lowest BCUT2D eigenvalue weighted by Crippen LogP contribution is -2.30. The summed E-state index contributed by atoms with van der Waals surface area (Å²) in [6.45, 7) is 3.69. The third-order valence-corrected chi connectivity index (χ3v) is 7.15. The van der Waals surface area contributed by atoms with E-state index in [2.05, 4.69) is 41.5 Å². The molecule has 1 saturated heterocycles. The number of likely N-dealkylation sites (tertiary alicyclic amines) is 1. The number of carbonyl (C=O) groups is 2. The first-order valence-corrected chi connectivity index (χ1v) is 12.2. The molecule has 1 N–H and O–H groups in total. The van der Waals surface area contributed by atoms with Crippen LogP contribution in [0.5, 0.6) is 0 Å². The Kier molecular flexibility index (Phi) is 7.04. The first-order chi connectivity index (χ1) is 15.1. The number of nitrogens with one attached hydrogen (secondary N) is 1. The van der Waals surface area contributed by atoms with Gasteiger partial charge in [0, 0.05) is 24.2 Å². The molecule has 0 unspecified atom stereocenters. The number of carbonyl (C=O) groups excluding carboxylic acids is 2. The first kappa shape index (κ1) is 21.6. The fourth-order valence-electron chi connectivity index (χ4n) is 3.57. The van der Waals surface area contributed by atoms with Gasteiger partial charge in [-0.25, -0.2) is 4.98 Å². The number of benzene rings is 1. The van der Waals surface area contributed by atoms with Crippen LogP contribution in [0.1, 0.15) is 45.2 Å². The third-order valence-electron chi connectivity index (χ3n) is 5.27. The lowest BCUT2D eigenvalue weighted by Gasteiger charge is -2.18. The Bertz CT molecular complexity index is 1010. The predicted octanol–water partition coefficient (Wildman–Crippen LogP) is 4.69. The van der Waals surface area contributed by atoms with Crippen molar-refractivity contribution in [2.45, 2.75) is 30.8 Å². The minimum atomic E-state index is -0.165. The highest BCUT2D eigenvalue weighted by Crippen LogP contribution is 2.27.